The first kappa shape index (κ1) is 16.6. The SMILES string of the molecule is CC(C)(C)C(Cl)OCCOP(=O)(O)ONC#N. The Kier molecular flexibility index (Phi) is 7.02. The highest BCUT2D eigenvalue weighted by Gasteiger charge is 2.24. The van der Waals surface area contributed by atoms with Crippen molar-refractivity contribution < 1.29 is 23.3 Å². The molecule has 0 amide bonds. The molecule has 0 saturated heterocycles. The lowest BCUT2D eigenvalue weighted by Gasteiger charge is -2.25. The van der Waals surface area contributed by atoms with E-state index in [1.165, 1.54) is 6.19 Å². The predicted octanol–water partition coefficient (Wildman–Crippen LogP) is 1.73. The van der Waals surface area contributed by atoms with Crippen molar-refractivity contribution in [3.05, 3.63) is 0 Å². The molecule has 2 atom stereocenters. The van der Waals surface area contributed by atoms with E-state index in [0.29, 0.717) is 0 Å². The minimum atomic E-state index is -4.27. The molecule has 0 aliphatic carbocycles. The zero-order chi connectivity index (χ0) is 13.5. The standard InChI is InChI=1S/C8H16ClN2O5P/c1-8(2,3)7(9)14-4-5-15-17(12,13)16-11-6-10/h7,11H,4-5H2,1-3H3,(H,12,13). The molecule has 0 aromatic carbocycles. The van der Waals surface area contributed by atoms with Crippen LogP contribution in [0.2, 0.25) is 0 Å². The van der Waals surface area contributed by atoms with Crippen LogP contribution < -0.4 is 5.48 Å². The molecule has 0 aromatic rings. The molecular weight excluding hydrogens is 271 g/mol. The van der Waals surface area contributed by atoms with Crippen LogP contribution in [0.5, 0.6) is 0 Å². The molecule has 0 saturated carbocycles. The quantitative estimate of drug-likeness (QED) is 0.183. The molecule has 0 aliphatic heterocycles. The van der Waals surface area contributed by atoms with E-state index in [0.717, 1.165) is 0 Å². The van der Waals surface area contributed by atoms with E-state index in [4.69, 9.17) is 26.5 Å². The summed E-state index contributed by atoms with van der Waals surface area (Å²) in [6.07, 6.45) is 1.32. The number of rotatable bonds is 7. The number of nitriles is 1. The van der Waals surface area contributed by atoms with Crippen molar-refractivity contribution in [1.82, 2.24) is 5.48 Å². The van der Waals surface area contributed by atoms with Crippen LogP contribution in [0.4, 0.5) is 0 Å². The van der Waals surface area contributed by atoms with Gasteiger partial charge in [-0.05, 0) is 0 Å². The summed E-state index contributed by atoms with van der Waals surface area (Å²) < 4.78 is 24.7. The molecule has 0 heterocycles. The number of hydroxylamine groups is 1. The zero-order valence-corrected chi connectivity index (χ0v) is 11.5. The van der Waals surface area contributed by atoms with E-state index in [1.807, 2.05) is 20.8 Å². The minimum absolute atomic E-state index is 0.0336. The number of hydrogen-bond acceptors (Lipinski definition) is 6. The summed E-state index contributed by atoms with van der Waals surface area (Å²) in [6, 6.07) is 0. The molecule has 0 fully saturated rings. The monoisotopic (exact) mass is 286 g/mol. The Labute approximate surface area is 105 Å². The Morgan fingerprint density at radius 2 is 2.12 bits per heavy atom. The van der Waals surface area contributed by atoms with Gasteiger partial charge in [0.2, 0.25) is 6.19 Å². The van der Waals surface area contributed by atoms with Crippen molar-refractivity contribution in [2.45, 2.75) is 26.3 Å². The van der Waals surface area contributed by atoms with E-state index < -0.39 is 13.4 Å². The second kappa shape index (κ2) is 7.17. The fourth-order valence-electron chi connectivity index (χ4n) is 0.659. The molecule has 0 bridgehead atoms. The van der Waals surface area contributed by atoms with Crippen molar-refractivity contribution in [2.24, 2.45) is 5.41 Å². The molecule has 0 aliphatic rings. The number of phosphoric ester groups is 1. The van der Waals surface area contributed by atoms with E-state index in [2.05, 4.69) is 9.15 Å². The van der Waals surface area contributed by atoms with Crippen LogP contribution in [-0.2, 0) is 18.5 Å². The van der Waals surface area contributed by atoms with Crippen LogP contribution in [0.15, 0.2) is 0 Å². The third kappa shape index (κ3) is 8.38. The van der Waals surface area contributed by atoms with Gasteiger partial charge in [-0.25, -0.2) is 4.57 Å². The maximum absolute atomic E-state index is 11.0. The van der Waals surface area contributed by atoms with Crippen LogP contribution in [0, 0.1) is 16.9 Å². The summed E-state index contributed by atoms with van der Waals surface area (Å²) in [5, 5.41) is 8.05. The molecule has 2 unspecified atom stereocenters. The summed E-state index contributed by atoms with van der Waals surface area (Å²) in [4.78, 5) is 8.98. The molecule has 0 rings (SSSR count). The third-order valence-electron chi connectivity index (χ3n) is 1.49. The Balaban J connectivity index is 3.79. The second-order valence-corrected chi connectivity index (χ2v) is 5.93. The lowest BCUT2D eigenvalue weighted by molar-refractivity contribution is 0.0134. The highest BCUT2D eigenvalue weighted by Crippen LogP contribution is 2.41. The number of ether oxygens (including phenoxy) is 1. The normalized spacial score (nSPS) is 16.9. The number of nitrogens with zero attached hydrogens (tertiary/aromatic N) is 1. The molecule has 0 radical (unpaired) electrons. The largest absolute Gasteiger partial charge is 0.494 e. The Bertz CT molecular complexity index is 314. The van der Waals surface area contributed by atoms with Crippen molar-refractivity contribution in [3.63, 3.8) is 0 Å². The molecule has 2 N–H and O–H groups in total. The highest BCUT2D eigenvalue weighted by atomic mass is 35.5. The molecule has 0 spiro atoms. The molecule has 7 nitrogen and oxygen atoms in total. The summed E-state index contributed by atoms with van der Waals surface area (Å²) >= 11 is 5.89. The van der Waals surface area contributed by atoms with Gasteiger partial charge in [-0.2, -0.15) is 15.4 Å². The van der Waals surface area contributed by atoms with Crippen LogP contribution in [0.1, 0.15) is 20.8 Å². The van der Waals surface area contributed by atoms with Gasteiger partial charge in [0.15, 0.2) is 0 Å². The average molecular weight is 287 g/mol. The van der Waals surface area contributed by atoms with Gasteiger partial charge in [-0.1, -0.05) is 32.4 Å². The van der Waals surface area contributed by atoms with Crippen LogP contribution >= 0.6 is 19.4 Å². The Morgan fingerprint density at radius 3 is 2.59 bits per heavy atom. The van der Waals surface area contributed by atoms with Crippen molar-refractivity contribution in [2.75, 3.05) is 13.2 Å². The molecule has 17 heavy (non-hydrogen) atoms. The second-order valence-electron chi connectivity index (χ2n) is 4.16. The van der Waals surface area contributed by atoms with Gasteiger partial charge in [-0.3, -0.25) is 4.52 Å². The maximum Gasteiger partial charge on any atom is 0.494 e. The lowest BCUT2D eigenvalue weighted by Crippen LogP contribution is -2.25. The average Bonchev–Trinajstić information content (AvgIpc) is 2.20. The summed E-state index contributed by atoms with van der Waals surface area (Å²) in [5.74, 6) is 0. The first-order chi connectivity index (χ1) is 7.69. The fourth-order valence-corrected chi connectivity index (χ4v) is 1.26. The fraction of sp³-hybridized carbons (Fsp3) is 0.875. The Hall–Kier alpha value is -0.350. The van der Waals surface area contributed by atoms with Gasteiger partial charge in [-0.15, -0.1) is 0 Å². The maximum atomic E-state index is 11.0. The van der Waals surface area contributed by atoms with Crippen molar-refractivity contribution in [1.29, 1.82) is 5.26 Å². The van der Waals surface area contributed by atoms with Gasteiger partial charge in [0, 0.05) is 5.41 Å². The van der Waals surface area contributed by atoms with Gasteiger partial charge < -0.3 is 9.63 Å². The van der Waals surface area contributed by atoms with Crippen molar-refractivity contribution in [3.8, 4) is 6.19 Å². The predicted molar refractivity (Wildman–Crippen MR) is 60.7 cm³/mol. The van der Waals surface area contributed by atoms with E-state index >= 15 is 0 Å². The van der Waals surface area contributed by atoms with Gasteiger partial charge in [0.1, 0.15) is 5.56 Å². The zero-order valence-electron chi connectivity index (χ0n) is 9.84. The smallest absolute Gasteiger partial charge is 0.360 e. The first-order valence-electron chi connectivity index (χ1n) is 4.75. The number of halogens is 1. The van der Waals surface area contributed by atoms with E-state index in [-0.39, 0.29) is 18.6 Å². The Morgan fingerprint density at radius 1 is 1.53 bits per heavy atom. The highest BCUT2D eigenvalue weighted by molar-refractivity contribution is 7.47. The minimum Gasteiger partial charge on any atom is -0.360 e. The molecule has 100 valence electrons. The molecule has 9 heteroatoms. The van der Waals surface area contributed by atoms with Gasteiger partial charge in [0.05, 0.1) is 13.2 Å². The van der Waals surface area contributed by atoms with Crippen LogP contribution in [0.3, 0.4) is 0 Å². The number of phosphoric acid groups is 1. The van der Waals surface area contributed by atoms with E-state index in [1.54, 1.807) is 5.48 Å². The third-order valence-corrected chi connectivity index (χ3v) is 3.10. The van der Waals surface area contributed by atoms with Crippen molar-refractivity contribution >= 4 is 19.4 Å². The van der Waals surface area contributed by atoms with E-state index in [9.17, 15) is 4.57 Å². The molecule has 0 aromatic heterocycles. The van der Waals surface area contributed by atoms with Gasteiger partial charge >= 0.3 is 7.82 Å². The summed E-state index contributed by atoms with van der Waals surface area (Å²) in [6.45, 7) is 5.53. The van der Waals surface area contributed by atoms with Gasteiger partial charge in [0.25, 0.3) is 0 Å². The van der Waals surface area contributed by atoms with Crippen LogP contribution in [-0.4, -0.2) is 23.7 Å². The summed E-state index contributed by atoms with van der Waals surface area (Å²) in [7, 11) is -4.27. The number of alkyl halides is 1. The van der Waals surface area contributed by atoms with Crippen LogP contribution in [0.25, 0.3) is 0 Å². The number of hydrogen-bond donors (Lipinski definition) is 2. The topological polar surface area (TPSA) is 101 Å². The molecular formula is C8H16ClN2O5P. The first-order valence-corrected chi connectivity index (χ1v) is 6.68. The summed E-state index contributed by atoms with van der Waals surface area (Å²) in [5.41, 5.74) is 0.777. The number of nitrogens with one attached hydrogen (secondary N) is 1. The lowest BCUT2D eigenvalue weighted by atomic mass is 9.98.